The first-order valence-electron chi connectivity index (χ1n) is 3.97. The molecule has 0 aliphatic heterocycles. The first-order chi connectivity index (χ1) is 6.49. The summed E-state index contributed by atoms with van der Waals surface area (Å²) in [5.41, 5.74) is 0.685. The Kier molecular flexibility index (Phi) is 5.03. The Morgan fingerprint density at radius 2 is 1.71 bits per heavy atom. The summed E-state index contributed by atoms with van der Waals surface area (Å²) < 4.78 is 0.431. The van der Waals surface area contributed by atoms with Gasteiger partial charge in [-0.1, -0.05) is 0 Å². The zero-order chi connectivity index (χ0) is 10.6. The fourth-order valence-corrected chi connectivity index (χ4v) is 3.72. The first kappa shape index (κ1) is 12.6. The van der Waals surface area contributed by atoms with Gasteiger partial charge >= 0.3 is 99.1 Å². The van der Waals surface area contributed by atoms with Gasteiger partial charge in [0.1, 0.15) is 0 Å². The first-order valence-corrected chi connectivity index (χ1v) is 14.5. The minimum atomic E-state index is -3.14. The number of rotatable bonds is 4. The molecule has 0 aliphatic rings. The van der Waals surface area contributed by atoms with E-state index in [1.54, 1.807) is 12.1 Å². The Labute approximate surface area is 98.4 Å². The van der Waals surface area contributed by atoms with Crippen molar-refractivity contribution in [3.05, 3.63) is 35.9 Å². The van der Waals surface area contributed by atoms with Crippen LogP contribution in [-0.4, -0.2) is 20.6 Å². The molecule has 78 valence electrons. The Balaban J connectivity index is 2.52. The van der Waals surface area contributed by atoms with Crippen LogP contribution >= 0.6 is 26.9 Å². The number of hydrogen-bond donors (Lipinski definition) is 0. The average molecular weight is 367 g/mol. The van der Waals surface area contributed by atoms with Crippen LogP contribution in [0.5, 0.6) is 0 Å². The van der Waals surface area contributed by atoms with Crippen LogP contribution in [0, 0.1) is 0 Å². The van der Waals surface area contributed by atoms with E-state index in [4.69, 9.17) is 26.9 Å². The van der Waals surface area contributed by atoms with Gasteiger partial charge in [0.25, 0.3) is 0 Å². The molecule has 0 atom stereocenters. The van der Waals surface area contributed by atoms with E-state index < -0.39 is 14.8 Å². The van der Waals surface area contributed by atoms with Gasteiger partial charge in [-0.2, -0.15) is 0 Å². The topological polar surface area (TPSA) is 17.1 Å². The third-order valence-electron chi connectivity index (χ3n) is 1.66. The molecule has 0 fully saturated rings. The molecular formula is C9H9Cl3OTe. The Morgan fingerprint density at radius 3 is 2.21 bits per heavy atom. The molecule has 0 aliphatic carbocycles. The van der Waals surface area contributed by atoms with E-state index in [-0.39, 0.29) is 5.78 Å². The maximum atomic E-state index is 11.5. The third-order valence-corrected chi connectivity index (χ3v) is 6.67. The number of Topliss-reactive ketones (excluding diaryl/α,β-unsaturated/α-hetero) is 1. The van der Waals surface area contributed by atoms with Crippen LogP contribution in [0.2, 0.25) is 4.47 Å². The molecule has 0 aromatic heterocycles. The monoisotopic (exact) mass is 368 g/mol. The van der Waals surface area contributed by atoms with E-state index in [1.807, 2.05) is 18.2 Å². The van der Waals surface area contributed by atoms with Crippen LogP contribution in [0.1, 0.15) is 16.8 Å². The molecule has 0 bridgehead atoms. The van der Waals surface area contributed by atoms with Crippen molar-refractivity contribution in [2.75, 3.05) is 0 Å². The van der Waals surface area contributed by atoms with Crippen molar-refractivity contribution in [2.24, 2.45) is 0 Å². The van der Waals surface area contributed by atoms with Crippen molar-refractivity contribution in [3.63, 3.8) is 0 Å². The molecule has 1 aromatic rings. The van der Waals surface area contributed by atoms with Gasteiger partial charge in [-0.25, -0.2) is 0 Å². The molecule has 0 saturated heterocycles. The second-order valence-electron chi connectivity index (χ2n) is 2.75. The quantitative estimate of drug-likeness (QED) is 0.583. The van der Waals surface area contributed by atoms with E-state index in [1.165, 1.54) is 0 Å². The minimum absolute atomic E-state index is 0.0447. The van der Waals surface area contributed by atoms with Crippen LogP contribution < -0.4 is 0 Å². The van der Waals surface area contributed by atoms with Crippen molar-refractivity contribution < 1.29 is 4.79 Å². The van der Waals surface area contributed by atoms with Crippen LogP contribution in [0.25, 0.3) is 0 Å². The molecule has 1 aromatic carbocycles. The predicted molar refractivity (Wildman–Crippen MR) is 63.5 cm³/mol. The van der Waals surface area contributed by atoms with Gasteiger partial charge in [0.2, 0.25) is 0 Å². The Morgan fingerprint density at radius 1 is 1.14 bits per heavy atom. The number of ketones is 1. The van der Waals surface area contributed by atoms with Gasteiger partial charge < -0.3 is 0 Å². The SMILES string of the molecule is O=C(CC[Te](Cl)(Cl)Cl)c1ccccc1. The molecule has 0 amide bonds. The molecule has 1 rings (SSSR count). The number of carbonyl (C=O) groups is 1. The van der Waals surface area contributed by atoms with Gasteiger partial charge in [0, 0.05) is 0 Å². The van der Waals surface area contributed by atoms with Crippen LogP contribution in [-0.2, 0) is 0 Å². The predicted octanol–water partition coefficient (Wildman–Crippen LogP) is 3.91. The van der Waals surface area contributed by atoms with Crippen molar-refractivity contribution in [1.29, 1.82) is 0 Å². The number of hydrogen-bond acceptors (Lipinski definition) is 1. The van der Waals surface area contributed by atoms with Crippen LogP contribution in [0.4, 0.5) is 0 Å². The summed E-state index contributed by atoms with van der Waals surface area (Å²) in [6, 6.07) is 9.06. The molecule has 0 spiro atoms. The van der Waals surface area contributed by atoms with E-state index >= 15 is 0 Å². The summed E-state index contributed by atoms with van der Waals surface area (Å²) in [4.78, 5) is 11.5. The fourth-order valence-electron chi connectivity index (χ4n) is 0.977. The average Bonchev–Trinajstić information content (AvgIpc) is 2.14. The fraction of sp³-hybridized carbons (Fsp3) is 0.222. The number of halogens is 3. The summed E-state index contributed by atoms with van der Waals surface area (Å²) >= 11 is -3.14. The molecule has 14 heavy (non-hydrogen) atoms. The normalized spacial score (nSPS) is 12.5. The molecule has 1 nitrogen and oxygen atoms in total. The van der Waals surface area contributed by atoms with Gasteiger partial charge in [0.05, 0.1) is 0 Å². The maximum absolute atomic E-state index is 11.5. The Hall–Kier alpha value is 0.550. The van der Waals surface area contributed by atoms with E-state index in [2.05, 4.69) is 0 Å². The Bertz CT molecular complexity index is 308. The molecule has 0 unspecified atom stereocenters. The summed E-state index contributed by atoms with van der Waals surface area (Å²) in [6.45, 7) is 0. The van der Waals surface area contributed by atoms with Gasteiger partial charge in [0.15, 0.2) is 0 Å². The third kappa shape index (κ3) is 4.87. The summed E-state index contributed by atoms with van der Waals surface area (Å²) in [5.74, 6) is 0.0447. The second-order valence-corrected chi connectivity index (χ2v) is 20.6. The van der Waals surface area contributed by atoms with E-state index in [0.717, 1.165) is 0 Å². The standard InChI is InChI=1S/C9H9Cl3OTe/c10-14(11,12)7-6-9(13)8-4-2-1-3-5-8/h1-5H,6-7H2. The molecule has 5 heteroatoms. The van der Waals surface area contributed by atoms with E-state index in [9.17, 15) is 4.79 Å². The van der Waals surface area contributed by atoms with Crippen LogP contribution in [0.15, 0.2) is 30.3 Å². The van der Waals surface area contributed by atoms with Crippen molar-refractivity contribution in [1.82, 2.24) is 0 Å². The summed E-state index contributed by atoms with van der Waals surface area (Å²) in [5, 5.41) is 0. The molecular weight excluding hydrogens is 358 g/mol. The van der Waals surface area contributed by atoms with Gasteiger partial charge in [-0.05, 0) is 0 Å². The van der Waals surface area contributed by atoms with Crippen LogP contribution in [0.3, 0.4) is 0 Å². The molecule has 0 N–H and O–H groups in total. The molecule has 0 saturated carbocycles. The summed E-state index contributed by atoms with van der Waals surface area (Å²) in [7, 11) is 17.2. The van der Waals surface area contributed by atoms with Crippen molar-refractivity contribution >= 4 is 47.5 Å². The second kappa shape index (κ2) is 5.58. The molecule has 0 radical (unpaired) electrons. The van der Waals surface area contributed by atoms with E-state index in [0.29, 0.717) is 16.5 Å². The number of carbonyl (C=O) groups excluding carboxylic acids is 1. The van der Waals surface area contributed by atoms with Gasteiger partial charge in [-0.15, -0.1) is 0 Å². The van der Waals surface area contributed by atoms with Crippen molar-refractivity contribution in [3.8, 4) is 0 Å². The zero-order valence-electron chi connectivity index (χ0n) is 7.25. The van der Waals surface area contributed by atoms with Crippen molar-refractivity contribution in [2.45, 2.75) is 10.9 Å². The molecule has 0 heterocycles. The zero-order valence-corrected chi connectivity index (χ0v) is 11.8. The van der Waals surface area contributed by atoms with Gasteiger partial charge in [-0.3, -0.25) is 0 Å². The number of benzene rings is 1. The summed E-state index contributed by atoms with van der Waals surface area (Å²) in [6.07, 6.45) is 0.335.